The second-order valence-corrected chi connectivity index (χ2v) is 6.17. The van der Waals surface area contributed by atoms with Gasteiger partial charge in [-0.05, 0) is 27.7 Å². The van der Waals surface area contributed by atoms with Crippen LogP contribution in [-0.2, 0) is 23.8 Å². The summed E-state index contributed by atoms with van der Waals surface area (Å²) in [5.74, 6) is -1.37. The van der Waals surface area contributed by atoms with E-state index in [2.05, 4.69) is 0 Å². The first-order valence-corrected chi connectivity index (χ1v) is 7.13. The molecule has 0 aromatic heterocycles. The lowest BCUT2D eigenvalue weighted by Crippen LogP contribution is -2.61. The van der Waals surface area contributed by atoms with Gasteiger partial charge >= 0.3 is 11.9 Å². The van der Waals surface area contributed by atoms with Crippen LogP contribution < -0.4 is 0 Å². The van der Waals surface area contributed by atoms with Gasteiger partial charge in [0.1, 0.15) is 31.0 Å². The summed E-state index contributed by atoms with van der Waals surface area (Å²) >= 11 is 0. The van der Waals surface area contributed by atoms with Crippen LogP contribution in [0.5, 0.6) is 0 Å². The van der Waals surface area contributed by atoms with Gasteiger partial charge in [0.2, 0.25) is 0 Å². The maximum atomic E-state index is 11.7. The van der Waals surface area contributed by atoms with Crippen molar-refractivity contribution in [1.29, 1.82) is 0 Å². The van der Waals surface area contributed by atoms with E-state index in [4.69, 9.17) is 14.2 Å². The Morgan fingerprint density at radius 3 is 2.14 bits per heavy atom. The van der Waals surface area contributed by atoms with Gasteiger partial charge in [-0.15, -0.1) is 0 Å². The van der Waals surface area contributed by atoms with E-state index < -0.39 is 47.9 Å². The zero-order valence-electron chi connectivity index (χ0n) is 13.2. The SMILES string of the molecule is CCOC(=O)C1O[C@H](COC(=O)C(C)(C)C)C(O)C(O)C1O. The van der Waals surface area contributed by atoms with Gasteiger partial charge in [-0.2, -0.15) is 0 Å². The molecular formula is C14H24O8. The third-order valence-electron chi connectivity index (χ3n) is 3.22. The van der Waals surface area contributed by atoms with Crippen LogP contribution in [0.2, 0.25) is 0 Å². The third kappa shape index (κ3) is 4.39. The van der Waals surface area contributed by atoms with Crippen molar-refractivity contribution in [2.75, 3.05) is 13.2 Å². The summed E-state index contributed by atoms with van der Waals surface area (Å²) in [6.07, 6.45) is -7.31. The topological polar surface area (TPSA) is 123 Å². The molecular weight excluding hydrogens is 296 g/mol. The Labute approximate surface area is 129 Å². The van der Waals surface area contributed by atoms with Gasteiger partial charge in [-0.25, -0.2) is 4.79 Å². The van der Waals surface area contributed by atoms with E-state index in [9.17, 15) is 24.9 Å². The molecule has 4 unspecified atom stereocenters. The molecule has 0 spiro atoms. The van der Waals surface area contributed by atoms with E-state index in [1.54, 1.807) is 27.7 Å². The van der Waals surface area contributed by atoms with Crippen LogP contribution in [0, 0.1) is 5.41 Å². The molecule has 8 nitrogen and oxygen atoms in total. The van der Waals surface area contributed by atoms with Crippen molar-refractivity contribution in [3.8, 4) is 0 Å². The fourth-order valence-corrected chi connectivity index (χ4v) is 1.88. The Morgan fingerprint density at radius 2 is 1.64 bits per heavy atom. The first-order chi connectivity index (χ1) is 10.1. The molecule has 0 aliphatic carbocycles. The second kappa shape index (κ2) is 7.36. The molecule has 1 aliphatic heterocycles. The molecule has 3 N–H and O–H groups in total. The van der Waals surface area contributed by atoms with E-state index in [1.807, 2.05) is 0 Å². The molecule has 1 fully saturated rings. The van der Waals surface area contributed by atoms with Crippen LogP contribution in [0.3, 0.4) is 0 Å². The van der Waals surface area contributed by atoms with Gasteiger partial charge in [0, 0.05) is 0 Å². The van der Waals surface area contributed by atoms with Gasteiger partial charge in [-0.3, -0.25) is 4.79 Å². The summed E-state index contributed by atoms with van der Waals surface area (Å²) in [6.45, 7) is 6.29. The highest BCUT2D eigenvalue weighted by Crippen LogP contribution is 2.23. The minimum atomic E-state index is -1.62. The molecule has 0 saturated carbocycles. The fourth-order valence-electron chi connectivity index (χ4n) is 1.88. The van der Waals surface area contributed by atoms with Gasteiger partial charge in [-0.1, -0.05) is 0 Å². The number of hydrogen-bond donors (Lipinski definition) is 3. The molecule has 1 rings (SSSR count). The first kappa shape index (κ1) is 18.8. The van der Waals surface area contributed by atoms with Crippen molar-refractivity contribution in [2.45, 2.75) is 58.2 Å². The predicted molar refractivity (Wildman–Crippen MR) is 73.7 cm³/mol. The highest BCUT2D eigenvalue weighted by atomic mass is 16.6. The minimum absolute atomic E-state index is 0.0771. The average Bonchev–Trinajstić information content (AvgIpc) is 2.42. The maximum Gasteiger partial charge on any atom is 0.338 e. The molecule has 1 aliphatic rings. The van der Waals surface area contributed by atoms with Crippen LogP contribution in [-0.4, -0.2) is 71.0 Å². The zero-order valence-corrected chi connectivity index (χ0v) is 13.2. The van der Waals surface area contributed by atoms with Crippen LogP contribution >= 0.6 is 0 Å². The van der Waals surface area contributed by atoms with E-state index >= 15 is 0 Å². The number of carbonyl (C=O) groups is 2. The van der Waals surface area contributed by atoms with Gasteiger partial charge in [0.05, 0.1) is 12.0 Å². The first-order valence-electron chi connectivity index (χ1n) is 7.13. The smallest absolute Gasteiger partial charge is 0.338 e. The standard InChI is InChI=1S/C14H24O8/c1-5-20-12(18)11-10(17)9(16)8(15)7(22-11)6-21-13(19)14(2,3)4/h7-11,15-17H,5-6H2,1-4H3/t7-,8?,9?,10?,11?/m1/s1. The summed E-state index contributed by atoms with van der Waals surface area (Å²) < 4.78 is 15.0. The molecule has 0 bridgehead atoms. The quantitative estimate of drug-likeness (QED) is 0.563. The van der Waals surface area contributed by atoms with Crippen molar-refractivity contribution in [1.82, 2.24) is 0 Å². The van der Waals surface area contributed by atoms with Gasteiger partial charge in [0.15, 0.2) is 6.10 Å². The number of aliphatic hydroxyl groups excluding tert-OH is 3. The Hall–Kier alpha value is -1.22. The lowest BCUT2D eigenvalue weighted by molar-refractivity contribution is -0.238. The van der Waals surface area contributed by atoms with Crippen LogP contribution in [0.1, 0.15) is 27.7 Å². The van der Waals surface area contributed by atoms with Crippen molar-refractivity contribution in [2.24, 2.45) is 5.41 Å². The Kier molecular flexibility index (Phi) is 6.30. The van der Waals surface area contributed by atoms with Crippen molar-refractivity contribution in [3.63, 3.8) is 0 Å². The van der Waals surface area contributed by atoms with Crippen molar-refractivity contribution < 1.29 is 39.1 Å². The lowest BCUT2D eigenvalue weighted by atomic mass is 9.95. The van der Waals surface area contributed by atoms with Gasteiger partial charge < -0.3 is 29.5 Å². The van der Waals surface area contributed by atoms with E-state index in [0.29, 0.717) is 0 Å². The Balaban J connectivity index is 2.73. The highest BCUT2D eigenvalue weighted by Gasteiger charge is 2.47. The van der Waals surface area contributed by atoms with E-state index in [0.717, 1.165) is 0 Å². The van der Waals surface area contributed by atoms with E-state index in [1.165, 1.54) is 0 Å². The molecule has 22 heavy (non-hydrogen) atoms. The largest absolute Gasteiger partial charge is 0.464 e. The molecule has 0 aromatic rings. The number of ether oxygens (including phenoxy) is 3. The summed E-state index contributed by atoms with van der Waals surface area (Å²) in [5.41, 5.74) is -0.738. The lowest BCUT2D eigenvalue weighted by Gasteiger charge is -2.39. The highest BCUT2D eigenvalue weighted by molar-refractivity contribution is 5.76. The van der Waals surface area contributed by atoms with Crippen molar-refractivity contribution >= 4 is 11.9 Å². The summed E-state index contributed by atoms with van der Waals surface area (Å²) in [4.78, 5) is 23.4. The predicted octanol–water partition coefficient (Wildman–Crippen LogP) is -1.01. The van der Waals surface area contributed by atoms with Gasteiger partial charge in [0.25, 0.3) is 0 Å². The number of esters is 2. The number of rotatable bonds is 4. The van der Waals surface area contributed by atoms with E-state index in [-0.39, 0.29) is 13.2 Å². The molecule has 5 atom stereocenters. The molecule has 0 radical (unpaired) electrons. The summed E-state index contributed by atoms with van der Waals surface area (Å²) in [5, 5.41) is 29.5. The average molecular weight is 320 g/mol. The number of carbonyl (C=O) groups excluding carboxylic acids is 2. The molecule has 0 aromatic carbocycles. The Bertz CT molecular complexity index is 402. The molecule has 128 valence electrons. The maximum absolute atomic E-state index is 11.7. The third-order valence-corrected chi connectivity index (χ3v) is 3.22. The molecule has 1 saturated heterocycles. The number of aliphatic hydroxyl groups is 3. The zero-order chi connectivity index (χ0) is 17.1. The fraction of sp³-hybridized carbons (Fsp3) is 0.857. The number of hydrogen-bond acceptors (Lipinski definition) is 8. The molecule has 1 heterocycles. The minimum Gasteiger partial charge on any atom is -0.464 e. The second-order valence-electron chi connectivity index (χ2n) is 6.17. The molecule has 8 heteroatoms. The monoisotopic (exact) mass is 320 g/mol. The Morgan fingerprint density at radius 1 is 1.05 bits per heavy atom. The van der Waals surface area contributed by atoms with Crippen LogP contribution in [0.25, 0.3) is 0 Å². The summed E-state index contributed by atoms with van der Waals surface area (Å²) in [6, 6.07) is 0. The summed E-state index contributed by atoms with van der Waals surface area (Å²) in [7, 11) is 0. The normalized spacial score (nSPS) is 32.4. The van der Waals surface area contributed by atoms with Crippen molar-refractivity contribution in [3.05, 3.63) is 0 Å². The van der Waals surface area contributed by atoms with Crippen LogP contribution in [0.4, 0.5) is 0 Å². The van der Waals surface area contributed by atoms with Crippen LogP contribution in [0.15, 0.2) is 0 Å². The molecule has 0 amide bonds.